The third-order valence-corrected chi connectivity index (χ3v) is 2.11. The minimum atomic E-state index is 0.360. The van der Waals surface area contributed by atoms with Crippen molar-refractivity contribution >= 4 is 6.29 Å². The van der Waals surface area contributed by atoms with E-state index >= 15 is 0 Å². The first-order chi connectivity index (χ1) is 6.19. The second-order valence-corrected chi connectivity index (χ2v) is 3.40. The molecule has 0 aliphatic heterocycles. The Kier molecular flexibility index (Phi) is 3.18. The highest BCUT2D eigenvalue weighted by Gasteiger charge is 2.07. The molecule has 0 fully saturated rings. The average molecular weight is 177 g/mol. The number of aryl methyl sites for hydroxylation is 1. The van der Waals surface area contributed by atoms with Crippen LogP contribution in [0.15, 0.2) is 12.1 Å². The van der Waals surface area contributed by atoms with Gasteiger partial charge in [-0.25, -0.2) is 4.98 Å². The highest BCUT2D eigenvalue weighted by Crippen LogP contribution is 2.17. The van der Waals surface area contributed by atoms with Crippen LogP contribution in [0.25, 0.3) is 0 Å². The molecule has 1 heterocycles. The Hall–Kier alpha value is -1.18. The lowest BCUT2D eigenvalue weighted by atomic mass is 10.0. The number of hydrogen-bond donors (Lipinski definition) is 0. The monoisotopic (exact) mass is 177 g/mol. The molecular formula is C11H15NO. The Bertz CT molecular complexity index is 305. The zero-order valence-electron chi connectivity index (χ0n) is 8.37. The second-order valence-electron chi connectivity index (χ2n) is 3.40. The fraction of sp³-hybridized carbons (Fsp3) is 0.455. The van der Waals surface area contributed by atoms with E-state index in [0.717, 1.165) is 24.0 Å². The van der Waals surface area contributed by atoms with Crippen LogP contribution in [0.4, 0.5) is 0 Å². The lowest BCUT2D eigenvalue weighted by Gasteiger charge is -2.08. The van der Waals surface area contributed by atoms with E-state index in [1.807, 2.05) is 19.1 Å². The lowest BCUT2D eigenvalue weighted by molar-refractivity contribution is 0.111. The van der Waals surface area contributed by atoms with Gasteiger partial charge in [0.15, 0.2) is 6.29 Å². The van der Waals surface area contributed by atoms with E-state index in [1.54, 1.807) is 0 Å². The smallest absolute Gasteiger partial charge is 0.168 e. The molecule has 0 saturated carbocycles. The zero-order valence-corrected chi connectivity index (χ0v) is 8.37. The van der Waals surface area contributed by atoms with E-state index in [9.17, 15) is 4.79 Å². The summed E-state index contributed by atoms with van der Waals surface area (Å²) in [4.78, 5) is 15.0. The van der Waals surface area contributed by atoms with Gasteiger partial charge < -0.3 is 0 Å². The summed E-state index contributed by atoms with van der Waals surface area (Å²) in [5, 5.41) is 0. The largest absolute Gasteiger partial charge is 0.296 e. The number of carbonyl (C=O) groups excluding carboxylic acids is 1. The number of pyridine rings is 1. The third kappa shape index (κ3) is 2.14. The van der Waals surface area contributed by atoms with Crippen molar-refractivity contribution in [1.29, 1.82) is 0 Å². The molecule has 0 bridgehead atoms. The van der Waals surface area contributed by atoms with Gasteiger partial charge in [0.25, 0.3) is 0 Å². The zero-order chi connectivity index (χ0) is 9.84. The summed E-state index contributed by atoms with van der Waals surface area (Å²) in [5.41, 5.74) is 2.60. The van der Waals surface area contributed by atoms with E-state index in [-0.39, 0.29) is 0 Å². The summed E-state index contributed by atoms with van der Waals surface area (Å²) in [7, 11) is 0. The Morgan fingerprint density at radius 1 is 1.46 bits per heavy atom. The quantitative estimate of drug-likeness (QED) is 0.664. The predicted octanol–water partition coefficient (Wildman–Crippen LogP) is 2.58. The molecule has 0 amide bonds. The van der Waals surface area contributed by atoms with Gasteiger partial charge in [-0.1, -0.05) is 26.8 Å². The van der Waals surface area contributed by atoms with Gasteiger partial charge >= 0.3 is 0 Å². The molecule has 0 atom stereocenters. The number of hydrogen-bond acceptors (Lipinski definition) is 2. The Morgan fingerprint density at radius 3 is 2.62 bits per heavy atom. The number of nitrogens with zero attached hydrogens (tertiary/aromatic N) is 1. The minimum absolute atomic E-state index is 0.360. The van der Waals surface area contributed by atoms with Gasteiger partial charge in [-0.15, -0.1) is 0 Å². The minimum Gasteiger partial charge on any atom is -0.296 e. The molecule has 2 heteroatoms. The van der Waals surface area contributed by atoms with Crippen molar-refractivity contribution in [2.75, 3.05) is 0 Å². The van der Waals surface area contributed by atoms with Crippen molar-refractivity contribution in [3.05, 3.63) is 29.1 Å². The molecule has 70 valence electrons. The highest BCUT2D eigenvalue weighted by molar-refractivity contribution is 5.74. The molecule has 1 aromatic heterocycles. The molecular weight excluding hydrogens is 162 g/mol. The van der Waals surface area contributed by atoms with E-state index in [1.165, 1.54) is 0 Å². The summed E-state index contributed by atoms with van der Waals surface area (Å²) in [6.07, 6.45) is 1.72. The van der Waals surface area contributed by atoms with Crippen LogP contribution in [0.1, 0.15) is 48.4 Å². The molecule has 0 saturated heterocycles. The van der Waals surface area contributed by atoms with Gasteiger partial charge in [0.2, 0.25) is 0 Å². The molecule has 2 nitrogen and oxygen atoms in total. The summed E-state index contributed by atoms with van der Waals surface area (Å²) in [6.45, 7) is 6.16. The van der Waals surface area contributed by atoms with E-state index in [0.29, 0.717) is 11.6 Å². The van der Waals surface area contributed by atoms with Crippen LogP contribution < -0.4 is 0 Å². The molecule has 0 N–H and O–H groups in total. The topological polar surface area (TPSA) is 30.0 Å². The first-order valence-corrected chi connectivity index (χ1v) is 4.64. The molecule has 0 aliphatic rings. The maximum atomic E-state index is 10.7. The van der Waals surface area contributed by atoms with E-state index in [2.05, 4.69) is 18.8 Å². The molecule has 0 radical (unpaired) electrons. The molecule has 0 unspecified atom stereocenters. The standard InChI is InChI=1S/C11H15NO/c1-4-9-5-6-10(8(2)3)11(7-13)12-9/h5-8H,4H2,1-3H3. The number of rotatable bonds is 3. The van der Waals surface area contributed by atoms with Gasteiger partial charge in [-0.3, -0.25) is 4.79 Å². The van der Waals surface area contributed by atoms with E-state index in [4.69, 9.17) is 0 Å². The summed E-state index contributed by atoms with van der Waals surface area (Å²) >= 11 is 0. The van der Waals surface area contributed by atoms with Crippen molar-refractivity contribution in [2.45, 2.75) is 33.1 Å². The summed E-state index contributed by atoms with van der Waals surface area (Å²) in [5.74, 6) is 0.360. The van der Waals surface area contributed by atoms with Crippen LogP contribution in [-0.4, -0.2) is 11.3 Å². The molecule has 13 heavy (non-hydrogen) atoms. The van der Waals surface area contributed by atoms with Crippen LogP contribution in [-0.2, 0) is 6.42 Å². The Balaban J connectivity index is 3.15. The van der Waals surface area contributed by atoms with Gasteiger partial charge in [0.1, 0.15) is 5.69 Å². The third-order valence-electron chi connectivity index (χ3n) is 2.11. The molecule has 1 rings (SSSR count). The van der Waals surface area contributed by atoms with Crippen LogP contribution in [0.2, 0.25) is 0 Å². The van der Waals surface area contributed by atoms with Gasteiger partial charge in [0.05, 0.1) is 0 Å². The first kappa shape index (κ1) is 9.90. The molecule has 0 aliphatic carbocycles. The maximum absolute atomic E-state index is 10.7. The maximum Gasteiger partial charge on any atom is 0.168 e. The van der Waals surface area contributed by atoms with Crippen molar-refractivity contribution in [3.63, 3.8) is 0 Å². The van der Waals surface area contributed by atoms with Crippen molar-refractivity contribution < 1.29 is 4.79 Å². The lowest BCUT2D eigenvalue weighted by Crippen LogP contribution is -2.01. The van der Waals surface area contributed by atoms with Crippen LogP contribution in [0.5, 0.6) is 0 Å². The number of aldehydes is 1. The SMILES string of the molecule is CCc1ccc(C(C)C)c(C=O)n1. The van der Waals surface area contributed by atoms with E-state index < -0.39 is 0 Å². The summed E-state index contributed by atoms with van der Waals surface area (Å²) < 4.78 is 0. The summed E-state index contributed by atoms with van der Waals surface area (Å²) in [6, 6.07) is 3.99. The Morgan fingerprint density at radius 2 is 2.15 bits per heavy atom. The van der Waals surface area contributed by atoms with Crippen molar-refractivity contribution in [1.82, 2.24) is 4.98 Å². The molecule has 0 spiro atoms. The van der Waals surface area contributed by atoms with Crippen LogP contribution >= 0.6 is 0 Å². The Labute approximate surface area is 79.0 Å². The molecule has 0 aromatic carbocycles. The number of carbonyl (C=O) groups is 1. The second kappa shape index (κ2) is 4.17. The van der Waals surface area contributed by atoms with Crippen LogP contribution in [0.3, 0.4) is 0 Å². The predicted molar refractivity (Wildman–Crippen MR) is 53.1 cm³/mol. The normalized spacial score (nSPS) is 10.5. The first-order valence-electron chi connectivity index (χ1n) is 4.64. The van der Waals surface area contributed by atoms with Gasteiger partial charge in [0, 0.05) is 5.69 Å². The van der Waals surface area contributed by atoms with Crippen molar-refractivity contribution in [2.24, 2.45) is 0 Å². The van der Waals surface area contributed by atoms with Gasteiger partial charge in [-0.2, -0.15) is 0 Å². The highest BCUT2D eigenvalue weighted by atomic mass is 16.1. The van der Waals surface area contributed by atoms with Crippen molar-refractivity contribution in [3.8, 4) is 0 Å². The average Bonchev–Trinajstić information content (AvgIpc) is 2.16. The molecule has 1 aromatic rings. The fourth-order valence-electron chi connectivity index (χ4n) is 1.31. The van der Waals surface area contributed by atoms with Crippen LogP contribution in [0, 0.1) is 0 Å². The number of aromatic nitrogens is 1. The van der Waals surface area contributed by atoms with Gasteiger partial charge in [-0.05, 0) is 24.0 Å². The fourth-order valence-corrected chi connectivity index (χ4v) is 1.31.